The van der Waals surface area contributed by atoms with E-state index in [-0.39, 0.29) is 68.3 Å². The fourth-order valence-electron chi connectivity index (χ4n) is 5.41. The van der Waals surface area contributed by atoms with E-state index in [0.717, 1.165) is 0 Å². The second kappa shape index (κ2) is 18.7. The quantitative estimate of drug-likeness (QED) is 0.102. The first-order chi connectivity index (χ1) is 23.3. The SMILES string of the molecule is NCCC[C@H](N)CNC(=O)CC[C@H](NC(=O)[C@@H]1Cc2cc(ccc2O)-c2ccc(O)c(c2)C[C@H](N)C(=O)N[C@@H](CCCN)C(=O)N1)C(N)=O. The summed E-state index contributed by atoms with van der Waals surface area (Å²) < 4.78 is 0. The van der Waals surface area contributed by atoms with Crippen molar-refractivity contribution in [3.63, 3.8) is 0 Å². The number of hydrogen-bond acceptors (Lipinski definition) is 11. The zero-order valence-corrected chi connectivity index (χ0v) is 27.5. The van der Waals surface area contributed by atoms with E-state index in [0.29, 0.717) is 42.5 Å². The molecular weight excluding hydrogens is 634 g/mol. The lowest BCUT2D eigenvalue weighted by atomic mass is 9.95. The van der Waals surface area contributed by atoms with Gasteiger partial charge in [-0.15, -0.1) is 0 Å². The van der Waals surface area contributed by atoms with Crippen molar-refractivity contribution < 1.29 is 34.2 Å². The molecule has 1 aliphatic heterocycles. The van der Waals surface area contributed by atoms with Gasteiger partial charge in [0.1, 0.15) is 29.6 Å². The molecule has 2 aromatic carbocycles. The zero-order chi connectivity index (χ0) is 36.1. The number of phenolic OH excluding ortho intramolecular Hbond substituents is 2. The molecule has 16 nitrogen and oxygen atoms in total. The second-order valence-corrected chi connectivity index (χ2v) is 12.3. The highest BCUT2D eigenvalue weighted by Crippen LogP contribution is 2.31. The Hall–Kier alpha value is -4.77. The average Bonchev–Trinajstić information content (AvgIpc) is 3.07. The number of carbonyl (C=O) groups excluding carboxylic acids is 5. The van der Waals surface area contributed by atoms with Crippen molar-refractivity contribution in [2.45, 2.75) is 81.6 Å². The van der Waals surface area contributed by atoms with Gasteiger partial charge in [0.05, 0.1) is 6.04 Å². The summed E-state index contributed by atoms with van der Waals surface area (Å²) in [6.45, 7) is 0.899. The molecule has 5 atom stereocenters. The van der Waals surface area contributed by atoms with Gasteiger partial charge in [-0.05, 0) is 91.7 Å². The standard InChI is InChI=1S/C33H49N9O7/c34-11-1-3-22(36)17-39-29(45)10-7-24(30(38)46)40-33(49)26-16-21-14-19(6-9-28(21)44)18-5-8-27(43)20(13-18)15-23(37)31(47)41-25(4-2-12-35)32(48)42-26/h5-6,8-9,13-14,22-26,43-44H,1-4,7,10-12,15-17,34-37H2,(H2,38,46)(H,39,45)(H,40,49)(H,41,47)(H,42,48)/t22-,23-,24-,25-,26-/m0/s1. The molecule has 0 radical (unpaired) electrons. The minimum absolute atomic E-state index is 0.0413. The first kappa shape index (κ1) is 38.7. The van der Waals surface area contributed by atoms with Crippen LogP contribution in [0.3, 0.4) is 0 Å². The van der Waals surface area contributed by atoms with Crippen LogP contribution in [0.4, 0.5) is 0 Å². The third-order valence-corrected chi connectivity index (χ3v) is 8.32. The van der Waals surface area contributed by atoms with Crippen molar-refractivity contribution in [2.75, 3.05) is 19.6 Å². The molecule has 2 aromatic rings. The van der Waals surface area contributed by atoms with Gasteiger partial charge in [0.25, 0.3) is 0 Å². The van der Waals surface area contributed by atoms with Gasteiger partial charge in [-0.1, -0.05) is 12.1 Å². The first-order valence-electron chi connectivity index (χ1n) is 16.4. The fraction of sp³-hybridized carbons (Fsp3) is 0.485. The van der Waals surface area contributed by atoms with E-state index in [1.54, 1.807) is 24.3 Å². The highest BCUT2D eigenvalue weighted by Gasteiger charge is 2.31. The number of rotatable bonds is 14. The Bertz CT molecular complexity index is 1490. The summed E-state index contributed by atoms with van der Waals surface area (Å²) in [5.41, 5.74) is 30.8. The van der Waals surface area contributed by atoms with Crippen LogP contribution in [0.5, 0.6) is 11.5 Å². The number of amides is 5. The average molecular weight is 684 g/mol. The Morgan fingerprint density at radius 2 is 1.49 bits per heavy atom. The molecule has 0 aromatic heterocycles. The van der Waals surface area contributed by atoms with Crippen LogP contribution in [0.15, 0.2) is 36.4 Å². The molecular formula is C33H49N9O7. The molecule has 5 amide bonds. The molecule has 0 fully saturated rings. The van der Waals surface area contributed by atoms with Crippen LogP contribution < -0.4 is 49.9 Å². The Morgan fingerprint density at radius 3 is 2.08 bits per heavy atom. The minimum atomic E-state index is -1.36. The topological polar surface area (TPSA) is 304 Å². The molecule has 0 saturated heterocycles. The molecule has 16 heteroatoms. The van der Waals surface area contributed by atoms with E-state index in [4.69, 9.17) is 28.7 Å². The number of aromatic hydroxyl groups is 2. The maximum Gasteiger partial charge on any atom is 0.243 e. The van der Waals surface area contributed by atoms with Gasteiger partial charge < -0.3 is 60.1 Å². The van der Waals surface area contributed by atoms with Crippen molar-refractivity contribution in [1.82, 2.24) is 21.3 Å². The largest absolute Gasteiger partial charge is 0.508 e. The summed E-state index contributed by atoms with van der Waals surface area (Å²) in [5, 5.41) is 31.8. The molecule has 0 saturated carbocycles. The van der Waals surface area contributed by atoms with Crippen molar-refractivity contribution in [3.05, 3.63) is 47.5 Å². The van der Waals surface area contributed by atoms with Crippen molar-refractivity contribution in [2.24, 2.45) is 28.7 Å². The molecule has 4 bridgehead atoms. The van der Waals surface area contributed by atoms with E-state index in [1.807, 2.05) is 0 Å². The minimum Gasteiger partial charge on any atom is -0.508 e. The monoisotopic (exact) mass is 683 g/mol. The Morgan fingerprint density at radius 1 is 0.878 bits per heavy atom. The Labute approximate surface area is 284 Å². The molecule has 0 spiro atoms. The summed E-state index contributed by atoms with van der Waals surface area (Å²) in [6.07, 6.45) is 1.24. The van der Waals surface area contributed by atoms with E-state index in [1.165, 1.54) is 12.1 Å². The summed E-state index contributed by atoms with van der Waals surface area (Å²) in [5.74, 6) is -3.75. The van der Waals surface area contributed by atoms with Crippen LogP contribution >= 0.6 is 0 Å². The fourth-order valence-corrected chi connectivity index (χ4v) is 5.41. The smallest absolute Gasteiger partial charge is 0.243 e. The summed E-state index contributed by atoms with van der Waals surface area (Å²) in [6, 6.07) is 4.26. The predicted octanol–water partition coefficient (Wildman–Crippen LogP) is -2.17. The van der Waals surface area contributed by atoms with Crippen LogP contribution in [0.2, 0.25) is 0 Å². The maximum atomic E-state index is 13.7. The Balaban J connectivity index is 1.91. The maximum absolute atomic E-state index is 13.7. The highest BCUT2D eigenvalue weighted by atomic mass is 16.3. The lowest BCUT2D eigenvalue weighted by Crippen LogP contribution is -2.58. The van der Waals surface area contributed by atoms with E-state index in [2.05, 4.69) is 21.3 Å². The molecule has 1 heterocycles. The zero-order valence-electron chi connectivity index (χ0n) is 27.5. The molecule has 16 N–H and O–H groups in total. The van der Waals surface area contributed by atoms with Crippen LogP contribution in [0.25, 0.3) is 11.1 Å². The van der Waals surface area contributed by atoms with E-state index >= 15 is 0 Å². The number of fused-ring (bicyclic) bond motifs is 5. The first-order valence-corrected chi connectivity index (χ1v) is 16.4. The number of nitrogens with two attached hydrogens (primary N) is 5. The van der Waals surface area contributed by atoms with Crippen molar-refractivity contribution >= 4 is 29.5 Å². The second-order valence-electron chi connectivity index (χ2n) is 12.3. The van der Waals surface area contributed by atoms with Gasteiger partial charge in [0.15, 0.2) is 0 Å². The van der Waals surface area contributed by atoms with Crippen LogP contribution in [0, 0.1) is 0 Å². The number of benzene rings is 2. The number of phenols is 2. The van der Waals surface area contributed by atoms with Gasteiger partial charge >= 0.3 is 0 Å². The van der Waals surface area contributed by atoms with Gasteiger partial charge in [-0.25, -0.2) is 0 Å². The van der Waals surface area contributed by atoms with E-state index in [9.17, 15) is 34.2 Å². The van der Waals surface area contributed by atoms with Crippen LogP contribution in [-0.2, 0) is 36.8 Å². The number of carbonyl (C=O) groups is 5. The van der Waals surface area contributed by atoms with Crippen LogP contribution in [0.1, 0.15) is 49.7 Å². The lowest BCUT2D eigenvalue weighted by Gasteiger charge is -2.26. The summed E-state index contributed by atoms with van der Waals surface area (Å²) in [7, 11) is 0. The third kappa shape index (κ3) is 11.7. The normalized spacial score (nSPS) is 19.3. The van der Waals surface area contributed by atoms with Gasteiger partial charge in [0, 0.05) is 31.8 Å². The predicted molar refractivity (Wildman–Crippen MR) is 182 cm³/mol. The lowest BCUT2D eigenvalue weighted by molar-refractivity contribution is -0.133. The highest BCUT2D eigenvalue weighted by molar-refractivity contribution is 5.95. The number of primary amides is 1. The molecule has 49 heavy (non-hydrogen) atoms. The van der Waals surface area contributed by atoms with E-state index < -0.39 is 53.7 Å². The van der Waals surface area contributed by atoms with Crippen molar-refractivity contribution in [1.29, 1.82) is 0 Å². The van der Waals surface area contributed by atoms with Gasteiger partial charge in [-0.3, -0.25) is 24.0 Å². The van der Waals surface area contributed by atoms with Crippen LogP contribution in [-0.4, -0.2) is 89.6 Å². The molecule has 0 unspecified atom stereocenters. The van der Waals surface area contributed by atoms with Crippen molar-refractivity contribution in [3.8, 4) is 22.6 Å². The number of nitrogens with one attached hydrogen (secondary N) is 4. The molecule has 3 rings (SSSR count). The third-order valence-electron chi connectivity index (χ3n) is 8.32. The molecule has 1 aliphatic rings. The molecule has 0 aliphatic carbocycles. The number of hydrogen-bond donors (Lipinski definition) is 11. The summed E-state index contributed by atoms with van der Waals surface area (Å²) in [4.78, 5) is 65.3. The summed E-state index contributed by atoms with van der Waals surface area (Å²) >= 11 is 0. The van der Waals surface area contributed by atoms with Gasteiger partial charge in [0.2, 0.25) is 29.5 Å². The van der Waals surface area contributed by atoms with Gasteiger partial charge in [-0.2, -0.15) is 0 Å². The molecule has 268 valence electrons. The Kier molecular flexibility index (Phi) is 14.8.